The monoisotopic (exact) mass is 359 g/mol. The molecule has 0 fully saturated rings. The molecule has 0 spiro atoms. The van der Waals surface area contributed by atoms with E-state index in [-0.39, 0.29) is 27.8 Å². The van der Waals surface area contributed by atoms with Gasteiger partial charge in [-0.05, 0) is 31.2 Å². The number of hydrogen-bond acceptors (Lipinski definition) is 4. The molecule has 0 atom stereocenters. The lowest BCUT2D eigenvalue weighted by atomic mass is 10.0. The summed E-state index contributed by atoms with van der Waals surface area (Å²) in [5.74, 6) is -0.617. The molecule has 2 heterocycles. The standard InChI is InChI=1S/C18H15ClFN3O2/c1-11-15(18(24)23(2)10-12-6-3-4-9-21-12)17(22-25-11)16-13(19)7-5-8-14(16)20/h3-9H,10H2,1-2H3. The van der Waals surface area contributed by atoms with Crippen LogP contribution >= 0.6 is 11.6 Å². The quantitative estimate of drug-likeness (QED) is 0.703. The van der Waals surface area contributed by atoms with E-state index in [0.29, 0.717) is 12.3 Å². The van der Waals surface area contributed by atoms with Crippen molar-refractivity contribution in [2.45, 2.75) is 13.5 Å². The van der Waals surface area contributed by atoms with Gasteiger partial charge >= 0.3 is 0 Å². The van der Waals surface area contributed by atoms with E-state index in [4.69, 9.17) is 16.1 Å². The van der Waals surface area contributed by atoms with Crippen LogP contribution in [-0.4, -0.2) is 28.0 Å². The number of halogens is 2. The van der Waals surface area contributed by atoms with E-state index in [2.05, 4.69) is 10.1 Å². The van der Waals surface area contributed by atoms with E-state index in [0.717, 1.165) is 5.69 Å². The number of carbonyl (C=O) groups excluding carboxylic acids is 1. The van der Waals surface area contributed by atoms with Crippen LogP contribution in [-0.2, 0) is 6.54 Å². The summed E-state index contributed by atoms with van der Waals surface area (Å²) in [6.07, 6.45) is 1.66. The molecule has 3 aromatic rings. The summed E-state index contributed by atoms with van der Waals surface area (Å²) in [5, 5.41) is 4.02. The Hall–Kier alpha value is -2.73. The fourth-order valence-corrected chi connectivity index (χ4v) is 2.77. The molecule has 5 nitrogen and oxygen atoms in total. The van der Waals surface area contributed by atoms with Crippen LogP contribution in [0.4, 0.5) is 4.39 Å². The van der Waals surface area contributed by atoms with Crippen LogP contribution in [0.5, 0.6) is 0 Å². The highest BCUT2D eigenvalue weighted by molar-refractivity contribution is 6.33. The van der Waals surface area contributed by atoms with Crippen LogP contribution in [0.2, 0.25) is 5.02 Å². The lowest BCUT2D eigenvalue weighted by Gasteiger charge is -2.17. The molecule has 1 aromatic carbocycles. The first-order valence-electron chi connectivity index (χ1n) is 7.55. The zero-order valence-corrected chi connectivity index (χ0v) is 14.4. The Morgan fingerprint density at radius 3 is 2.76 bits per heavy atom. The molecule has 0 saturated carbocycles. The van der Waals surface area contributed by atoms with Gasteiger partial charge in [0.2, 0.25) is 0 Å². The van der Waals surface area contributed by atoms with Crippen LogP contribution in [0, 0.1) is 12.7 Å². The second-order valence-corrected chi connectivity index (χ2v) is 5.95. The van der Waals surface area contributed by atoms with Gasteiger partial charge in [0, 0.05) is 13.2 Å². The molecule has 3 rings (SSSR count). The van der Waals surface area contributed by atoms with Crippen molar-refractivity contribution >= 4 is 17.5 Å². The van der Waals surface area contributed by atoms with Crippen molar-refractivity contribution in [3.8, 4) is 11.3 Å². The number of pyridine rings is 1. The number of rotatable bonds is 4. The third-order valence-electron chi connectivity index (χ3n) is 3.75. The maximum absolute atomic E-state index is 14.2. The number of carbonyl (C=O) groups is 1. The molecule has 2 aromatic heterocycles. The van der Waals surface area contributed by atoms with Crippen LogP contribution in [0.3, 0.4) is 0 Å². The molecule has 0 radical (unpaired) electrons. The Morgan fingerprint density at radius 2 is 2.08 bits per heavy atom. The third-order valence-corrected chi connectivity index (χ3v) is 4.06. The lowest BCUT2D eigenvalue weighted by Crippen LogP contribution is -2.27. The Labute approximate surface area is 149 Å². The van der Waals surface area contributed by atoms with Gasteiger partial charge in [0.25, 0.3) is 5.91 Å². The van der Waals surface area contributed by atoms with E-state index >= 15 is 0 Å². The van der Waals surface area contributed by atoms with Crippen LogP contribution in [0.15, 0.2) is 47.1 Å². The second-order valence-electron chi connectivity index (χ2n) is 5.54. The summed E-state index contributed by atoms with van der Waals surface area (Å²) in [6.45, 7) is 1.90. The average molecular weight is 360 g/mol. The van der Waals surface area contributed by atoms with Gasteiger partial charge in [-0.3, -0.25) is 9.78 Å². The molecule has 0 aliphatic carbocycles. The van der Waals surface area contributed by atoms with Gasteiger partial charge < -0.3 is 9.42 Å². The van der Waals surface area contributed by atoms with Crippen molar-refractivity contribution < 1.29 is 13.7 Å². The number of aromatic nitrogens is 2. The zero-order chi connectivity index (χ0) is 18.0. The van der Waals surface area contributed by atoms with Crippen molar-refractivity contribution in [2.75, 3.05) is 7.05 Å². The maximum atomic E-state index is 14.2. The average Bonchev–Trinajstić information content (AvgIpc) is 2.96. The Bertz CT molecular complexity index is 892. The smallest absolute Gasteiger partial charge is 0.259 e. The van der Waals surface area contributed by atoms with Crippen LogP contribution in [0.1, 0.15) is 21.8 Å². The van der Waals surface area contributed by atoms with Gasteiger partial charge in [0.1, 0.15) is 22.8 Å². The molecule has 0 bridgehead atoms. The van der Waals surface area contributed by atoms with Gasteiger partial charge in [-0.25, -0.2) is 4.39 Å². The topological polar surface area (TPSA) is 59.2 Å². The van der Waals surface area contributed by atoms with Gasteiger partial charge in [0.05, 0.1) is 22.8 Å². The third kappa shape index (κ3) is 3.39. The van der Waals surface area contributed by atoms with Gasteiger partial charge in [-0.2, -0.15) is 0 Å². The largest absolute Gasteiger partial charge is 0.360 e. The second kappa shape index (κ2) is 7.03. The minimum Gasteiger partial charge on any atom is -0.360 e. The van der Waals surface area contributed by atoms with Crippen LogP contribution < -0.4 is 0 Å². The number of benzene rings is 1. The summed E-state index contributed by atoms with van der Waals surface area (Å²) in [5.41, 5.74) is 1.07. The Kier molecular flexibility index (Phi) is 4.81. The van der Waals surface area contributed by atoms with Crippen molar-refractivity contribution in [2.24, 2.45) is 0 Å². The van der Waals surface area contributed by atoms with E-state index in [9.17, 15) is 9.18 Å². The van der Waals surface area contributed by atoms with E-state index < -0.39 is 5.82 Å². The SMILES string of the molecule is Cc1onc(-c2c(F)cccc2Cl)c1C(=O)N(C)Cc1ccccn1. The zero-order valence-electron chi connectivity index (χ0n) is 13.7. The first kappa shape index (κ1) is 17.1. The number of hydrogen-bond donors (Lipinski definition) is 0. The summed E-state index contributed by atoms with van der Waals surface area (Å²) in [4.78, 5) is 18.6. The summed E-state index contributed by atoms with van der Waals surface area (Å²) in [7, 11) is 1.64. The van der Waals surface area contributed by atoms with Crippen molar-refractivity contribution in [3.05, 3.63) is 70.5 Å². The van der Waals surface area contributed by atoms with Gasteiger partial charge in [-0.1, -0.05) is 28.9 Å². The minimum absolute atomic E-state index is 0.0515. The molecular weight excluding hydrogens is 345 g/mol. The Balaban J connectivity index is 1.98. The van der Waals surface area contributed by atoms with E-state index in [1.807, 2.05) is 12.1 Å². The molecule has 0 aliphatic rings. The molecule has 25 heavy (non-hydrogen) atoms. The minimum atomic E-state index is -0.567. The number of nitrogens with zero attached hydrogens (tertiary/aromatic N) is 3. The molecule has 0 N–H and O–H groups in total. The molecular formula is C18H15ClFN3O2. The number of amides is 1. The first-order valence-corrected chi connectivity index (χ1v) is 7.93. The van der Waals surface area contributed by atoms with Crippen molar-refractivity contribution in [1.82, 2.24) is 15.0 Å². The highest BCUT2D eigenvalue weighted by Gasteiger charge is 2.27. The lowest BCUT2D eigenvalue weighted by molar-refractivity contribution is 0.0782. The highest BCUT2D eigenvalue weighted by Crippen LogP contribution is 2.34. The molecule has 0 saturated heterocycles. The maximum Gasteiger partial charge on any atom is 0.259 e. The van der Waals surface area contributed by atoms with Gasteiger partial charge in [0.15, 0.2) is 0 Å². The highest BCUT2D eigenvalue weighted by atomic mass is 35.5. The van der Waals surface area contributed by atoms with Gasteiger partial charge in [-0.15, -0.1) is 0 Å². The molecule has 0 aliphatic heterocycles. The molecule has 128 valence electrons. The van der Waals surface area contributed by atoms with E-state index in [1.54, 1.807) is 26.2 Å². The van der Waals surface area contributed by atoms with Crippen molar-refractivity contribution in [3.63, 3.8) is 0 Å². The predicted molar refractivity (Wildman–Crippen MR) is 91.7 cm³/mol. The normalized spacial score (nSPS) is 10.7. The predicted octanol–water partition coefficient (Wildman–Crippen LogP) is 4.11. The molecule has 0 unspecified atom stereocenters. The molecule has 7 heteroatoms. The first-order chi connectivity index (χ1) is 12.0. The fourth-order valence-electron chi connectivity index (χ4n) is 2.52. The summed E-state index contributed by atoms with van der Waals surface area (Å²) in [6, 6.07) is 9.75. The van der Waals surface area contributed by atoms with Crippen LogP contribution in [0.25, 0.3) is 11.3 Å². The summed E-state index contributed by atoms with van der Waals surface area (Å²) < 4.78 is 19.4. The number of aryl methyl sites for hydroxylation is 1. The molecule has 1 amide bonds. The van der Waals surface area contributed by atoms with Crippen molar-refractivity contribution in [1.29, 1.82) is 0 Å². The fraction of sp³-hybridized carbons (Fsp3) is 0.167. The summed E-state index contributed by atoms with van der Waals surface area (Å²) >= 11 is 6.10. The Morgan fingerprint density at radius 1 is 1.28 bits per heavy atom. The van der Waals surface area contributed by atoms with E-state index in [1.165, 1.54) is 23.1 Å².